The van der Waals surface area contributed by atoms with Gasteiger partial charge in [-0.3, -0.25) is 0 Å². The summed E-state index contributed by atoms with van der Waals surface area (Å²) in [6.45, 7) is 0.282. The van der Waals surface area contributed by atoms with Gasteiger partial charge in [-0.25, -0.2) is 0 Å². The summed E-state index contributed by atoms with van der Waals surface area (Å²) in [7, 11) is 0. The lowest BCUT2D eigenvalue weighted by Crippen LogP contribution is -1.99. The van der Waals surface area contributed by atoms with E-state index in [1.165, 1.54) is 0 Å². The van der Waals surface area contributed by atoms with Gasteiger partial charge in [-0.15, -0.1) is 0 Å². The average Bonchev–Trinajstić information content (AvgIpc) is 2.34. The Bertz CT molecular complexity index is 572. The molecule has 0 spiro atoms. The Morgan fingerprint density at radius 3 is 2.33 bits per heavy atom. The third-order valence-corrected chi connectivity index (χ3v) is 3.47. The van der Waals surface area contributed by atoms with Crippen LogP contribution < -0.4 is 10.5 Å². The highest BCUT2D eigenvalue weighted by Gasteiger charge is 2.07. The van der Waals surface area contributed by atoms with Gasteiger partial charge in [-0.2, -0.15) is 0 Å². The van der Waals surface area contributed by atoms with E-state index < -0.39 is 0 Å². The fourth-order valence-corrected chi connectivity index (χ4v) is 2.07. The van der Waals surface area contributed by atoms with E-state index in [1.54, 1.807) is 24.3 Å². The van der Waals surface area contributed by atoms with Crippen LogP contribution in [0.15, 0.2) is 36.4 Å². The Kier molecular flexibility index (Phi) is 4.23. The van der Waals surface area contributed by atoms with E-state index in [0.717, 1.165) is 5.56 Å². The van der Waals surface area contributed by atoms with E-state index in [2.05, 4.69) is 0 Å². The van der Waals surface area contributed by atoms with Crippen molar-refractivity contribution >= 4 is 40.5 Å². The van der Waals surface area contributed by atoms with Gasteiger partial charge in [0, 0.05) is 10.6 Å². The van der Waals surface area contributed by atoms with Gasteiger partial charge in [0.25, 0.3) is 0 Å². The highest BCUT2D eigenvalue weighted by atomic mass is 35.5. The van der Waals surface area contributed by atoms with Crippen LogP contribution in [-0.4, -0.2) is 0 Å². The molecular formula is C13H10Cl3NO. The molecule has 0 aliphatic carbocycles. The Labute approximate surface area is 120 Å². The summed E-state index contributed by atoms with van der Waals surface area (Å²) in [5.41, 5.74) is 7.11. The zero-order valence-electron chi connectivity index (χ0n) is 9.29. The van der Waals surface area contributed by atoms with Crippen molar-refractivity contribution in [2.75, 3.05) is 5.73 Å². The molecule has 0 bridgehead atoms. The lowest BCUT2D eigenvalue weighted by atomic mass is 10.2. The molecule has 0 aliphatic rings. The van der Waals surface area contributed by atoms with Crippen molar-refractivity contribution in [1.82, 2.24) is 0 Å². The molecule has 0 aliphatic heterocycles. The van der Waals surface area contributed by atoms with Gasteiger partial charge in [-0.1, -0.05) is 46.9 Å². The smallest absolute Gasteiger partial charge is 0.142 e. The maximum atomic E-state index is 6.05. The molecule has 5 heteroatoms. The Morgan fingerprint density at radius 2 is 1.61 bits per heavy atom. The van der Waals surface area contributed by atoms with Crippen LogP contribution in [-0.2, 0) is 6.61 Å². The first-order valence-corrected chi connectivity index (χ1v) is 6.32. The fraction of sp³-hybridized carbons (Fsp3) is 0.0769. The minimum atomic E-state index is 0.282. The van der Waals surface area contributed by atoms with Crippen LogP contribution in [0.3, 0.4) is 0 Å². The van der Waals surface area contributed by atoms with Gasteiger partial charge in [0.1, 0.15) is 12.4 Å². The second kappa shape index (κ2) is 5.70. The zero-order chi connectivity index (χ0) is 13.1. The molecule has 0 fully saturated rings. The molecule has 0 saturated carbocycles. The Balaban J connectivity index is 2.16. The SMILES string of the molecule is Nc1ccccc1OCc1cc(Cl)c(Cl)cc1Cl. The van der Waals surface area contributed by atoms with E-state index in [-0.39, 0.29) is 6.61 Å². The first-order chi connectivity index (χ1) is 8.58. The number of rotatable bonds is 3. The van der Waals surface area contributed by atoms with Gasteiger partial charge in [0.2, 0.25) is 0 Å². The summed E-state index contributed by atoms with van der Waals surface area (Å²) in [6, 6.07) is 10.5. The van der Waals surface area contributed by atoms with Gasteiger partial charge in [0.05, 0.1) is 15.7 Å². The summed E-state index contributed by atoms with van der Waals surface area (Å²) in [5, 5.41) is 1.38. The number of halogens is 3. The molecule has 2 N–H and O–H groups in total. The second-order valence-electron chi connectivity index (χ2n) is 3.68. The van der Waals surface area contributed by atoms with Crippen molar-refractivity contribution in [3.05, 3.63) is 57.0 Å². The van der Waals surface area contributed by atoms with Gasteiger partial charge < -0.3 is 10.5 Å². The van der Waals surface area contributed by atoms with E-state index >= 15 is 0 Å². The monoisotopic (exact) mass is 301 g/mol. The number of ether oxygens (including phenoxy) is 1. The molecule has 0 unspecified atom stereocenters. The summed E-state index contributed by atoms with van der Waals surface area (Å²) >= 11 is 17.8. The maximum Gasteiger partial charge on any atom is 0.142 e. The third kappa shape index (κ3) is 3.02. The van der Waals surface area contributed by atoms with Crippen molar-refractivity contribution in [1.29, 1.82) is 0 Å². The largest absolute Gasteiger partial charge is 0.487 e. The number of hydrogen-bond acceptors (Lipinski definition) is 2. The Morgan fingerprint density at radius 1 is 0.944 bits per heavy atom. The van der Waals surface area contributed by atoms with E-state index in [1.807, 2.05) is 12.1 Å². The molecular weight excluding hydrogens is 293 g/mol. The second-order valence-corrected chi connectivity index (χ2v) is 4.91. The first-order valence-electron chi connectivity index (χ1n) is 5.18. The molecule has 0 heterocycles. The van der Waals surface area contributed by atoms with Gasteiger partial charge in [-0.05, 0) is 24.3 Å². The van der Waals surface area contributed by atoms with Crippen LogP contribution in [0.4, 0.5) is 5.69 Å². The number of nitrogen functional groups attached to an aromatic ring is 1. The molecule has 0 atom stereocenters. The molecule has 18 heavy (non-hydrogen) atoms. The lowest BCUT2D eigenvalue weighted by molar-refractivity contribution is 0.308. The predicted molar refractivity (Wildman–Crippen MR) is 76.7 cm³/mol. The summed E-state index contributed by atoms with van der Waals surface area (Å²) in [6.07, 6.45) is 0. The number of benzene rings is 2. The highest BCUT2D eigenvalue weighted by molar-refractivity contribution is 6.43. The lowest BCUT2D eigenvalue weighted by Gasteiger charge is -2.10. The van der Waals surface area contributed by atoms with Gasteiger partial charge in [0.15, 0.2) is 0 Å². The summed E-state index contributed by atoms with van der Waals surface area (Å²) in [5.74, 6) is 0.611. The van der Waals surface area contributed by atoms with E-state index in [9.17, 15) is 0 Å². The van der Waals surface area contributed by atoms with Crippen LogP contribution in [0.25, 0.3) is 0 Å². The first kappa shape index (κ1) is 13.3. The Hall–Kier alpha value is -1.09. The normalized spacial score (nSPS) is 10.4. The van der Waals surface area contributed by atoms with Crippen molar-refractivity contribution < 1.29 is 4.74 Å². The molecule has 0 saturated heterocycles. The number of para-hydroxylation sites is 2. The summed E-state index contributed by atoms with van der Waals surface area (Å²) in [4.78, 5) is 0. The quantitative estimate of drug-likeness (QED) is 0.652. The highest BCUT2D eigenvalue weighted by Crippen LogP contribution is 2.30. The minimum absolute atomic E-state index is 0.282. The third-order valence-electron chi connectivity index (χ3n) is 2.39. The van der Waals surface area contributed by atoms with Crippen molar-refractivity contribution in [3.63, 3.8) is 0 Å². The number of nitrogens with two attached hydrogens (primary N) is 1. The molecule has 0 radical (unpaired) electrons. The number of hydrogen-bond donors (Lipinski definition) is 1. The molecule has 2 aromatic carbocycles. The molecule has 0 aromatic heterocycles. The van der Waals surface area contributed by atoms with Crippen LogP contribution in [0.5, 0.6) is 5.75 Å². The van der Waals surface area contributed by atoms with Crippen molar-refractivity contribution in [3.8, 4) is 5.75 Å². The minimum Gasteiger partial charge on any atom is -0.487 e. The molecule has 2 aromatic rings. The maximum absolute atomic E-state index is 6.05. The van der Waals surface area contributed by atoms with Gasteiger partial charge >= 0.3 is 0 Å². The fourth-order valence-electron chi connectivity index (χ4n) is 1.44. The topological polar surface area (TPSA) is 35.2 Å². The van der Waals surface area contributed by atoms with Crippen molar-refractivity contribution in [2.24, 2.45) is 0 Å². The van der Waals surface area contributed by atoms with E-state index in [0.29, 0.717) is 26.5 Å². The standard InChI is InChI=1S/C13H10Cl3NO/c14-9-6-11(16)10(15)5-8(9)7-18-13-4-2-1-3-12(13)17/h1-6H,7,17H2. The molecule has 94 valence electrons. The summed E-state index contributed by atoms with van der Waals surface area (Å²) < 4.78 is 5.59. The van der Waals surface area contributed by atoms with E-state index in [4.69, 9.17) is 45.3 Å². The molecule has 0 amide bonds. The number of anilines is 1. The average molecular weight is 303 g/mol. The van der Waals surface area contributed by atoms with Crippen molar-refractivity contribution in [2.45, 2.75) is 6.61 Å². The molecule has 2 nitrogen and oxygen atoms in total. The zero-order valence-corrected chi connectivity index (χ0v) is 11.6. The van der Waals surface area contributed by atoms with Crippen LogP contribution in [0.1, 0.15) is 5.56 Å². The van der Waals surface area contributed by atoms with Crippen LogP contribution >= 0.6 is 34.8 Å². The van der Waals surface area contributed by atoms with Crippen LogP contribution in [0.2, 0.25) is 15.1 Å². The molecule has 2 rings (SSSR count). The van der Waals surface area contributed by atoms with Crippen LogP contribution in [0, 0.1) is 0 Å². The predicted octanol–water partition coefficient (Wildman–Crippen LogP) is 4.81.